The van der Waals surface area contributed by atoms with E-state index >= 15 is 0 Å². The highest BCUT2D eigenvalue weighted by molar-refractivity contribution is 5.23. The number of nitrogens with one attached hydrogen (secondary N) is 1. The van der Waals surface area contributed by atoms with Crippen molar-refractivity contribution in [3.05, 3.63) is 71.8 Å². The summed E-state index contributed by atoms with van der Waals surface area (Å²) in [7, 11) is 0. The van der Waals surface area contributed by atoms with Crippen LogP contribution in [0.25, 0.3) is 0 Å². The van der Waals surface area contributed by atoms with Crippen LogP contribution in [0.3, 0.4) is 0 Å². The van der Waals surface area contributed by atoms with Gasteiger partial charge in [-0.25, -0.2) is 0 Å². The van der Waals surface area contributed by atoms with Gasteiger partial charge in [0.2, 0.25) is 0 Å². The van der Waals surface area contributed by atoms with E-state index in [4.69, 9.17) is 0 Å². The highest BCUT2D eigenvalue weighted by Crippen LogP contribution is 2.21. The Kier molecular flexibility index (Phi) is 5.17. The number of hydrogen-bond acceptors (Lipinski definition) is 1. The molecule has 100 valence electrons. The number of rotatable bonds is 6. The lowest BCUT2D eigenvalue weighted by Gasteiger charge is -2.25. The van der Waals surface area contributed by atoms with E-state index in [1.807, 2.05) is 0 Å². The molecule has 2 rings (SSSR count). The van der Waals surface area contributed by atoms with Crippen LogP contribution in [0.15, 0.2) is 60.7 Å². The lowest BCUT2D eigenvalue weighted by atomic mass is 9.89. The Labute approximate surface area is 116 Å². The molecule has 0 amide bonds. The van der Waals surface area contributed by atoms with Crippen molar-refractivity contribution in [2.24, 2.45) is 0 Å². The smallest absolute Gasteiger partial charge is 0.0173 e. The Balaban J connectivity index is 2.11. The third-order valence-corrected chi connectivity index (χ3v) is 3.69. The van der Waals surface area contributed by atoms with Crippen LogP contribution in [0.5, 0.6) is 0 Å². The maximum atomic E-state index is 3.63. The minimum Gasteiger partial charge on any atom is -0.313 e. The van der Waals surface area contributed by atoms with Crippen LogP contribution < -0.4 is 5.32 Å². The molecule has 0 saturated carbocycles. The van der Waals surface area contributed by atoms with Gasteiger partial charge in [0.05, 0.1) is 0 Å². The van der Waals surface area contributed by atoms with E-state index in [1.54, 1.807) is 0 Å². The lowest BCUT2D eigenvalue weighted by molar-refractivity contribution is 0.458. The van der Waals surface area contributed by atoms with Crippen LogP contribution in [0.2, 0.25) is 0 Å². The summed E-state index contributed by atoms with van der Waals surface area (Å²) in [6.45, 7) is 5.50. The van der Waals surface area contributed by atoms with Crippen molar-refractivity contribution in [2.45, 2.75) is 32.2 Å². The summed E-state index contributed by atoms with van der Waals surface area (Å²) in [5.74, 6) is 0.515. The second-order valence-electron chi connectivity index (χ2n) is 5.05. The first-order valence-electron chi connectivity index (χ1n) is 7.13. The predicted molar refractivity (Wildman–Crippen MR) is 82.5 cm³/mol. The Bertz CT molecular complexity index is 464. The minimum atomic E-state index is 0.481. The zero-order valence-electron chi connectivity index (χ0n) is 11.8. The topological polar surface area (TPSA) is 12.0 Å². The molecule has 2 atom stereocenters. The molecule has 0 aromatic heterocycles. The van der Waals surface area contributed by atoms with Gasteiger partial charge in [-0.3, -0.25) is 0 Å². The zero-order valence-corrected chi connectivity index (χ0v) is 11.8. The second-order valence-corrected chi connectivity index (χ2v) is 5.05. The first-order chi connectivity index (χ1) is 9.31. The molecule has 2 aromatic rings. The van der Waals surface area contributed by atoms with Gasteiger partial charge in [-0.1, -0.05) is 74.5 Å². The summed E-state index contributed by atoms with van der Waals surface area (Å²) in [4.78, 5) is 0. The van der Waals surface area contributed by atoms with E-state index in [1.165, 1.54) is 11.1 Å². The normalized spacial score (nSPS) is 14.0. The molecule has 0 spiro atoms. The number of benzene rings is 2. The van der Waals surface area contributed by atoms with Crippen molar-refractivity contribution < 1.29 is 0 Å². The van der Waals surface area contributed by atoms with Gasteiger partial charge in [0.25, 0.3) is 0 Å². The third kappa shape index (κ3) is 3.93. The SMILES string of the molecule is CCNC(Cc1ccccc1)C(C)c1ccccc1. The standard InChI is InChI=1S/C18H23N/c1-3-19-18(14-16-10-6-4-7-11-16)15(2)17-12-8-5-9-13-17/h4-13,15,18-19H,3,14H2,1-2H3. The second kappa shape index (κ2) is 7.10. The molecular weight excluding hydrogens is 230 g/mol. The maximum absolute atomic E-state index is 3.63. The molecule has 2 aromatic carbocycles. The summed E-state index contributed by atoms with van der Waals surface area (Å²) in [6, 6.07) is 22.0. The first-order valence-corrected chi connectivity index (χ1v) is 7.13. The molecule has 0 aliphatic heterocycles. The van der Waals surface area contributed by atoms with Crippen molar-refractivity contribution in [2.75, 3.05) is 6.54 Å². The van der Waals surface area contributed by atoms with Crippen molar-refractivity contribution in [3.8, 4) is 0 Å². The summed E-state index contributed by atoms with van der Waals surface area (Å²) < 4.78 is 0. The molecule has 0 radical (unpaired) electrons. The van der Waals surface area contributed by atoms with Gasteiger partial charge in [-0.05, 0) is 30.0 Å². The Hall–Kier alpha value is -1.60. The fourth-order valence-corrected chi connectivity index (χ4v) is 2.54. The van der Waals surface area contributed by atoms with E-state index in [0.29, 0.717) is 12.0 Å². The van der Waals surface area contributed by atoms with Crippen molar-refractivity contribution in [3.63, 3.8) is 0 Å². The van der Waals surface area contributed by atoms with Crippen LogP contribution in [-0.2, 0) is 6.42 Å². The van der Waals surface area contributed by atoms with Crippen LogP contribution >= 0.6 is 0 Å². The molecule has 2 unspecified atom stereocenters. The third-order valence-electron chi connectivity index (χ3n) is 3.69. The van der Waals surface area contributed by atoms with Crippen molar-refractivity contribution in [1.82, 2.24) is 5.32 Å². The van der Waals surface area contributed by atoms with Gasteiger partial charge < -0.3 is 5.32 Å². The van der Waals surface area contributed by atoms with Crippen molar-refractivity contribution in [1.29, 1.82) is 0 Å². The summed E-state index contributed by atoms with van der Waals surface area (Å²) in [5.41, 5.74) is 2.81. The summed E-state index contributed by atoms with van der Waals surface area (Å²) in [6.07, 6.45) is 1.07. The average molecular weight is 253 g/mol. The lowest BCUT2D eigenvalue weighted by Crippen LogP contribution is -2.35. The molecular formula is C18H23N. The van der Waals surface area contributed by atoms with Gasteiger partial charge in [-0.15, -0.1) is 0 Å². The van der Waals surface area contributed by atoms with Crippen LogP contribution in [-0.4, -0.2) is 12.6 Å². The van der Waals surface area contributed by atoms with E-state index in [9.17, 15) is 0 Å². The van der Waals surface area contributed by atoms with Gasteiger partial charge >= 0.3 is 0 Å². The van der Waals surface area contributed by atoms with Gasteiger partial charge in [0.1, 0.15) is 0 Å². The van der Waals surface area contributed by atoms with Crippen molar-refractivity contribution >= 4 is 0 Å². The van der Waals surface area contributed by atoms with Crippen LogP contribution in [0.4, 0.5) is 0 Å². The van der Waals surface area contributed by atoms with E-state index in [-0.39, 0.29) is 0 Å². The first kappa shape index (κ1) is 13.8. The minimum absolute atomic E-state index is 0.481. The highest BCUT2D eigenvalue weighted by atomic mass is 14.9. The molecule has 0 aliphatic carbocycles. The van der Waals surface area contributed by atoms with Gasteiger partial charge in [0, 0.05) is 6.04 Å². The van der Waals surface area contributed by atoms with Gasteiger partial charge in [0.15, 0.2) is 0 Å². The molecule has 1 N–H and O–H groups in total. The molecule has 0 aliphatic rings. The molecule has 0 bridgehead atoms. The van der Waals surface area contributed by atoms with Gasteiger partial charge in [-0.2, -0.15) is 0 Å². The molecule has 0 saturated heterocycles. The van der Waals surface area contributed by atoms with Crippen LogP contribution in [0, 0.1) is 0 Å². The maximum Gasteiger partial charge on any atom is 0.0173 e. The molecule has 1 heteroatoms. The largest absolute Gasteiger partial charge is 0.313 e. The quantitative estimate of drug-likeness (QED) is 0.820. The Morgan fingerprint density at radius 1 is 0.895 bits per heavy atom. The van der Waals surface area contributed by atoms with Crippen LogP contribution in [0.1, 0.15) is 30.9 Å². The zero-order chi connectivity index (χ0) is 13.5. The highest BCUT2D eigenvalue weighted by Gasteiger charge is 2.18. The Morgan fingerprint density at radius 2 is 1.47 bits per heavy atom. The molecule has 0 fully saturated rings. The van der Waals surface area contributed by atoms with E-state index in [2.05, 4.69) is 79.8 Å². The molecule has 19 heavy (non-hydrogen) atoms. The van der Waals surface area contributed by atoms with E-state index in [0.717, 1.165) is 13.0 Å². The summed E-state index contributed by atoms with van der Waals surface area (Å²) in [5, 5.41) is 3.63. The van der Waals surface area contributed by atoms with E-state index < -0.39 is 0 Å². The average Bonchev–Trinajstić information content (AvgIpc) is 2.48. The fraction of sp³-hybridized carbons (Fsp3) is 0.333. The molecule has 0 heterocycles. The summed E-state index contributed by atoms with van der Waals surface area (Å²) >= 11 is 0. The Morgan fingerprint density at radius 3 is 2.05 bits per heavy atom. The molecule has 1 nitrogen and oxygen atoms in total. The fourth-order valence-electron chi connectivity index (χ4n) is 2.54. The number of hydrogen-bond donors (Lipinski definition) is 1. The monoisotopic (exact) mass is 253 g/mol. The number of likely N-dealkylation sites (N-methyl/N-ethyl adjacent to an activating group) is 1. The predicted octanol–water partition coefficient (Wildman–Crippen LogP) is 4.01.